The van der Waals surface area contributed by atoms with Crippen molar-refractivity contribution in [1.29, 1.82) is 0 Å². The van der Waals surface area contributed by atoms with Crippen molar-refractivity contribution in [2.24, 2.45) is 9.98 Å². The largest absolute Gasteiger partial charge is 0.264 e. The summed E-state index contributed by atoms with van der Waals surface area (Å²) < 4.78 is 12.8. The van der Waals surface area contributed by atoms with Crippen LogP contribution in [0.1, 0.15) is 12.5 Å². The summed E-state index contributed by atoms with van der Waals surface area (Å²) in [5, 5.41) is 0. The zero-order chi connectivity index (χ0) is 9.26. The molecular weight excluding hydrogens is 167 g/mol. The van der Waals surface area contributed by atoms with E-state index in [-0.39, 0.29) is 5.82 Å². The van der Waals surface area contributed by atoms with E-state index < -0.39 is 0 Å². The van der Waals surface area contributed by atoms with Gasteiger partial charge in [0.1, 0.15) is 11.7 Å². The molecule has 1 aliphatic heterocycles. The highest BCUT2D eigenvalue weighted by Gasteiger charge is 2.09. The Balaban J connectivity index is 2.33. The van der Waals surface area contributed by atoms with Crippen LogP contribution in [-0.2, 0) is 0 Å². The second-order valence-corrected chi connectivity index (χ2v) is 2.93. The van der Waals surface area contributed by atoms with Gasteiger partial charge in [0.15, 0.2) is 0 Å². The van der Waals surface area contributed by atoms with E-state index in [0.717, 1.165) is 17.1 Å². The fourth-order valence-corrected chi connectivity index (χ4v) is 1.28. The van der Waals surface area contributed by atoms with Gasteiger partial charge >= 0.3 is 0 Å². The van der Waals surface area contributed by atoms with Crippen LogP contribution in [0.25, 0.3) is 0 Å². The Labute approximate surface area is 75.8 Å². The highest BCUT2D eigenvalue weighted by molar-refractivity contribution is 6.11. The van der Waals surface area contributed by atoms with Gasteiger partial charge in [0.25, 0.3) is 0 Å². The van der Waals surface area contributed by atoms with Crippen molar-refractivity contribution in [2.75, 3.05) is 6.54 Å². The van der Waals surface area contributed by atoms with Crippen LogP contribution in [0.2, 0.25) is 0 Å². The molecule has 0 radical (unpaired) electrons. The van der Waals surface area contributed by atoms with E-state index in [0.29, 0.717) is 6.54 Å². The maximum atomic E-state index is 12.8. The minimum Gasteiger partial charge on any atom is -0.264 e. The Morgan fingerprint density at radius 1 is 1.38 bits per heavy atom. The first-order valence-corrected chi connectivity index (χ1v) is 4.10. The van der Waals surface area contributed by atoms with Crippen molar-refractivity contribution in [3.63, 3.8) is 0 Å². The Morgan fingerprint density at radius 2 is 2.23 bits per heavy atom. The number of nitrogens with zero attached hydrogens (tertiary/aromatic N) is 2. The van der Waals surface area contributed by atoms with Crippen LogP contribution in [0.4, 0.5) is 4.39 Å². The molecule has 3 heteroatoms. The van der Waals surface area contributed by atoms with Crippen LogP contribution < -0.4 is 0 Å². The molecule has 1 aromatic carbocycles. The zero-order valence-electron chi connectivity index (χ0n) is 7.29. The highest BCUT2D eigenvalue weighted by atomic mass is 19.1. The summed E-state index contributed by atoms with van der Waals surface area (Å²) in [6, 6.07) is 6.43. The second-order valence-electron chi connectivity index (χ2n) is 2.93. The van der Waals surface area contributed by atoms with Crippen molar-refractivity contribution in [3.8, 4) is 0 Å². The lowest BCUT2D eigenvalue weighted by Crippen LogP contribution is -2.01. The molecule has 66 valence electrons. The first-order chi connectivity index (χ1) is 6.25. The molecule has 2 rings (SSSR count). The molecule has 0 bridgehead atoms. The van der Waals surface area contributed by atoms with Crippen molar-refractivity contribution in [1.82, 2.24) is 0 Å². The molecule has 1 aromatic rings. The number of amidine groups is 1. The van der Waals surface area contributed by atoms with Gasteiger partial charge in [0.2, 0.25) is 0 Å². The van der Waals surface area contributed by atoms with Gasteiger partial charge in [0.05, 0.1) is 12.3 Å². The minimum atomic E-state index is -0.232. The normalized spacial score (nSPS) is 15.5. The third kappa shape index (κ3) is 1.64. The quantitative estimate of drug-likeness (QED) is 0.625. The summed E-state index contributed by atoms with van der Waals surface area (Å²) in [4.78, 5) is 8.31. The van der Waals surface area contributed by atoms with Crippen LogP contribution >= 0.6 is 0 Å². The van der Waals surface area contributed by atoms with Crippen molar-refractivity contribution in [2.45, 2.75) is 6.92 Å². The first kappa shape index (κ1) is 8.10. The van der Waals surface area contributed by atoms with E-state index in [9.17, 15) is 4.39 Å². The number of aliphatic imine (C=N–C) groups is 2. The molecule has 0 aromatic heterocycles. The zero-order valence-corrected chi connectivity index (χ0v) is 7.29. The van der Waals surface area contributed by atoms with Crippen LogP contribution in [-0.4, -0.2) is 18.1 Å². The van der Waals surface area contributed by atoms with Crippen LogP contribution in [0.5, 0.6) is 0 Å². The van der Waals surface area contributed by atoms with Gasteiger partial charge in [-0.2, -0.15) is 0 Å². The molecule has 0 aliphatic carbocycles. The van der Waals surface area contributed by atoms with Gasteiger partial charge in [-0.1, -0.05) is 12.1 Å². The molecule has 0 spiro atoms. The maximum absolute atomic E-state index is 12.8. The first-order valence-electron chi connectivity index (χ1n) is 4.10. The van der Waals surface area contributed by atoms with Gasteiger partial charge in [-0.05, 0) is 19.1 Å². The van der Waals surface area contributed by atoms with E-state index in [1.165, 1.54) is 12.1 Å². The second kappa shape index (κ2) is 3.09. The maximum Gasteiger partial charge on any atom is 0.123 e. The van der Waals surface area contributed by atoms with Crippen LogP contribution in [0, 0.1) is 5.82 Å². The standard InChI is InChI=1S/C10H9FN2/c1-7-12-6-10(13-7)8-3-2-4-9(11)5-8/h2-5H,6H2,1H3. The van der Waals surface area contributed by atoms with Crippen LogP contribution in [0.15, 0.2) is 34.3 Å². The average Bonchev–Trinajstić information content (AvgIpc) is 2.52. The molecule has 1 heterocycles. The SMILES string of the molecule is CC1=NCC(c2cccc(F)c2)=N1. The smallest absolute Gasteiger partial charge is 0.123 e. The summed E-state index contributed by atoms with van der Waals surface area (Å²) in [7, 11) is 0. The van der Waals surface area contributed by atoms with E-state index >= 15 is 0 Å². The van der Waals surface area contributed by atoms with E-state index in [1.54, 1.807) is 6.07 Å². The molecule has 0 unspecified atom stereocenters. The predicted octanol–water partition coefficient (Wildman–Crippen LogP) is 2.05. The van der Waals surface area contributed by atoms with Crippen molar-refractivity contribution < 1.29 is 4.39 Å². The molecular formula is C10H9FN2. The molecule has 0 saturated heterocycles. The molecule has 0 atom stereocenters. The van der Waals surface area contributed by atoms with E-state index in [1.807, 2.05) is 13.0 Å². The Hall–Kier alpha value is -1.51. The molecule has 0 N–H and O–H groups in total. The van der Waals surface area contributed by atoms with Crippen molar-refractivity contribution >= 4 is 11.5 Å². The van der Waals surface area contributed by atoms with Gasteiger partial charge in [-0.3, -0.25) is 4.99 Å². The molecule has 0 amide bonds. The van der Waals surface area contributed by atoms with Gasteiger partial charge in [-0.25, -0.2) is 9.38 Å². The molecule has 1 aliphatic rings. The molecule has 0 saturated carbocycles. The Kier molecular flexibility index (Phi) is 1.93. The lowest BCUT2D eigenvalue weighted by Gasteiger charge is -1.98. The van der Waals surface area contributed by atoms with Gasteiger partial charge < -0.3 is 0 Å². The average molecular weight is 176 g/mol. The fraction of sp³-hybridized carbons (Fsp3) is 0.200. The Bertz CT molecular complexity index is 394. The Morgan fingerprint density at radius 3 is 2.85 bits per heavy atom. The fourth-order valence-electron chi connectivity index (χ4n) is 1.28. The number of hydrogen-bond donors (Lipinski definition) is 0. The minimum absolute atomic E-state index is 0.232. The summed E-state index contributed by atoms with van der Waals surface area (Å²) in [5.74, 6) is 0.531. The van der Waals surface area contributed by atoms with Gasteiger partial charge in [-0.15, -0.1) is 0 Å². The summed E-state index contributed by atoms with van der Waals surface area (Å²) in [5.41, 5.74) is 1.66. The van der Waals surface area contributed by atoms with Crippen molar-refractivity contribution in [3.05, 3.63) is 35.6 Å². The molecule has 2 nitrogen and oxygen atoms in total. The highest BCUT2D eigenvalue weighted by Crippen LogP contribution is 2.09. The third-order valence-corrected chi connectivity index (χ3v) is 1.91. The topological polar surface area (TPSA) is 24.7 Å². The number of benzene rings is 1. The van der Waals surface area contributed by atoms with Gasteiger partial charge in [0, 0.05) is 5.56 Å². The lowest BCUT2D eigenvalue weighted by molar-refractivity contribution is 0.627. The van der Waals surface area contributed by atoms with E-state index in [4.69, 9.17) is 0 Å². The number of hydrogen-bond acceptors (Lipinski definition) is 2. The number of halogens is 1. The monoisotopic (exact) mass is 176 g/mol. The van der Waals surface area contributed by atoms with E-state index in [2.05, 4.69) is 9.98 Å². The third-order valence-electron chi connectivity index (χ3n) is 1.91. The number of rotatable bonds is 1. The summed E-state index contributed by atoms with van der Waals surface area (Å²) >= 11 is 0. The predicted molar refractivity (Wildman–Crippen MR) is 50.9 cm³/mol. The summed E-state index contributed by atoms with van der Waals surface area (Å²) in [6.45, 7) is 2.40. The summed E-state index contributed by atoms with van der Waals surface area (Å²) in [6.07, 6.45) is 0. The lowest BCUT2D eigenvalue weighted by atomic mass is 10.1. The molecule has 0 fully saturated rings. The molecule has 13 heavy (non-hydrogen) atoms. The van der Waals surface area contributed by atoms with Crippen LogP contribution in [0.3, 0.4) is 0 Å².